The molecule has 3 amide bonds. The molecule has 0 spiro atoms. The summed E-state index contributed by atoms with van der Waals surface area (Å²) in [5.41, 5.74) is 0.862. The first kappa shape index (κ1) is 15.0. The molecule has 1 aromatic carbocycles. The van der Waals surface area contributed by atoms with E-state index in [2.05, 4.69) is 16.0 Å². The fourth-order valence-corrected chi connectivity index (χ4v) is 2.08. The Balaban J connectivity index is 2.08. The molecule has 0 saturated carbocycles. The second kappa shape index (κ2) is 6.39. The van der Waals surface area contributed by atoms with Crippen LogP contribution in [0.3, 0.4) is 0 Å². The van der Waals surface area contributed by atoms with Crippen molar-refractivity contribution in [3.8, 4) is 0 Å². The molecule has 0 saturated heterocycles. The van der Waals surface area contributed by atoms with Gasteiger partial charge in [-0.05, 0) is 25.5 Å². The van der Waals surface area contributed by atoms with Crippen LogP contribution < -0.4 is 16.0 Å². The third kappa shape index (κ3) is 3.59. The van der Waals surface area contributed by atoms with E-state index in [0.717, 1.165) is 6.42 Å². The molecule has 1 aliphatic heterocycles. The highest BCUT2D eigenvalue weighted by Crippen LogP contribution is 2.18. The Hall–Kier alpha value is -2.37. The van der Waals surface area contributed by atoms with E-state index in [1.165, 1.54) is 0 Å². The zero-order valence-electron chi connectivity index (χ0n) is 12.1. The van der Waals surface area contributed by atoms with Crippen molar-refractivity contribution in [1.29, 1.82) is 0 Å². The fraction of sp³-hybridized carbons (Fsp3) is 0.400. The lowest BCUT2D eigenvalue weighted by Gasteiger charge is -2.16. The number of amides is 3. The second-order valence-electron chi connectivity index (χ2n) is 5.14. The van der Waals surface area contributed by atoms with Gasteiger partial charge in [0.15, 0.2) is 0 Å². The quantitative estimate of drug-likeness (QED) is 0.774. The van der Waals surface area contributed by atoms with Crippen molar-refractivity contribution >= 4 is 23.4 Å². The highest BCUT2D eigenvalue weighted by Gasteiger charge is 2.29. The summed E-state index contributed by atoms with van der Waals surface area (Å²) in [5.74, 6) is -0.992. The third-order valence-electron chi connectivity index (χ3n) is 3.46. The van der Waals surface area contributed by atoms with Gasteiger partial charge in [-0.3, -0.25) is 14.4 Å². The van der Waals surface area contributed by atoms with Gasteiger partial charge in [-0.2, -0.15) is 0 Å². The molecule has 0 fully saturated rings. The molecule has 2 atom stereocenters. The number of para-hydroxylation sites is 1. The maximum absolute atomic E-state index is 12.1. The molecular weight excluding hydrogens is 270 g/mol. The lowest BCUT2D eigenvalue weighted by atomic mass is 10.1. The van der Waals surface area contributed by atoms with Crippen LogP contribution in [0.4, 0.5) is 5.69 Å². The summed E-state index contributed by atoms with van der Waals surface area (Å²) in [6, 6.07) is 5.93. The first-order valence-corrected chi connectivity index (χ1v) is 7.01. The second-order valence-corrected chi connectivity index (χ2v) is 5.14. The van der Waals surface area contributed by atoms with E-state index in [1.54, 1.807) is 24.3 Å². The van der Waals surface area contributed by atoms with Crippen LogP contribution in [0.15, 0.2) is 24.3 Å². The maximum atomic E-state index is 12.1. The van der Waals surface area contributed by atoms with Gasteiger partial charge in [0.1, 0.15) is 6.04 Å². The van der Waals surface area contributed by atoms with Crippen LogP contribution in [0, 0.1) is 0 Å². The van der Waals surface area contributed by atoms with E-state index in [1.807, 2.05) is 13.8 Å². The number of rotatable bonds is 4. The summed E-state index contributed by atoms with van der Waals surface area (Å²) in [5, 5.41) is 8.05. The normalized spacial score (nSPS) is 18.9. The molecule has 0 aromatic heterocycles. The molecule has 1 aromatic rings. The van der Waals surface area contributed by atoms with Crippen molar-refractivity contribution in [3.05, 3.63) is 29.8 Å². The summed E-state index contributed by atoms with van der Waals surface area (Å²) in [6.45, 7) is 3.85. The summed E-state index contributed by atoms with van der Waals surface area (Å²) in [7, 11) is 0. The Morgan fingerprint density at radius 1 is 1.33 bits per heavy atom. The number of anilines is 1. The van der Waals surface area contributed by atoms with Crippen molar-refractivity contribution in [3.63, 3.8) is 0 Å². The van der Waals surface area contributed by atoms with Crippen molar-refractivity contribution < 1.29 is 14.4 Å². The molecule has 0 radical (unpaired) electrons. The van der Waals surface area contributed by atoms with Gasteiger partial charge in [-0.25, -0.2) is 0 Å². The number of fused-ring (bicyclic) bond motifs is 1. The average molecular weight is 289 g/mol. The summed E-state index contributed by atoms with van der Waals surface area (Å²) < 4.78 is 0. The molecule has 0 bridgehead atoms. The van der Waals surface area contributed by atoms with Crippen LogP contribution in [0.2, 0.25) is 0 Å². The Morgan fingerprint density at radius 3 is 2.76 bits per heavy atom. The maximum Gasteiger partial charge on any atom is 0.254 e. The van der Waals surface area contributed by atoms with E-state index in [-0.39, 0.29) is 30.2 Å². The summed E-state index contributed by atoms with van der Waals surface area (Å²) >= 11 is 0. The van der Waals surface area contributed by atoms with E-state index >= 15 is 0 Å². The molecule has 112 valence electrons. The van der Waals surface area contributed by atoms with Gasteiger partial charge in [-0.1, -0.05) is 19.1 Å². The summed E-state index contributed by atoms with van der Waals surface area (Å²) in [6.07, 6.45) is 0.732. The SMILES string of the molecule is CC[C@H](C)NC(=O)C[C@H]1NC(=O)c2ccccc2NC1=O. The molecule has 0 unspecified atom stereocenters. The summed E-state index contributed by atoms with van der Waals surface area (Å²) in [4.78, 5) is 36.1. The number of hydrogen-bond donors (Lipinski definition) is 3. The van der Waals surface area contributed by atoms with Crippen LogP contribution in [-0.2, 0) is 9.59 Å². The molecular formula is C15H19N3O3. The Labute approximate surface area is 123 Å². The largest absolute Gasteiger partial charge is 0.354 e. The highest BCUT2D eigenvalue weighted by molar-refractivity contribution is 6.10. The molecule has 1 aliphatic rings. The predicted octanol–water partition coefficient (Wildman–Crippen LogP) is 1.04. The number of hydrogen-bond acceptors (Lipinski definition) is 3. The van der Waals surface area contributed by atoms with E-state index < -0.39 is 6.04 Å². The number of carbonyl (C=O) groups excluding carboxylic acids is 3. The number of benzene rings is 1. The Kier molecular flexibility index (Phi) is 4.57. The van der Waals surface area contributed by atoms with Crippen LogP contribution in [0.5, 0.6) is 0 Å². The minimum atomic E-state index is -0.867. The minimum absolute atomic E-state index is 0.0410. The van der Waals surface area contributed by atoms with E-state index in [0.29, 0.717) is 11.3 Å². The van der Waals surface area contributed by atoms with Crippen LogP contribution >= 0.6 is 0 Å². The molecule has 6 nitrogen and oxygen atoms in total. The fourth-order valence-electron chi connectivity index (χ4n) is 2.08. The molecule has 2 rings (SSSR count). The van der Waals surface area contributed by atoms with Crippen molar-refractivity contribution in [2.24, 2.45) is 0 Å². The number of nitrogens with one attached hydrogen (secondary N) is 3. The topological polar surface area (TPSA) is 87.3 Å². The molecule has 3 N–H and O–H groups in total. The van der Waals surface area contributed by atoms with Crippen molar-refractivity contribution in [2.75, 3.05) is 5.32 Å². The van der Waals surface area contributed by atoms with Gasteiger partial charge in [0, 0.05) is 6.04 Å². The van der Waals surface area contributed by atoms with Gasteiger partial charge in [-0.15, -0.1) is 0 Å². The van der Waals surface area contributed by atoms with E-state index in [9.17, 15) is 14.4 Å². The van der Waals surface area contributed by atoms with Gasteiger partial charge in [0.05, 0.1) is 17.7 Å². The monoisotopic (exact) mass is 289 g/mol. The van der Waals surface area contributed by atoms with Crippen molar-refractivity contribution in [2.45, 2.75) is 38.8 Å². The van der Waals surface area contributed by atoms with Gasteiger partial charge >= 0.3 is 0 Å². The number of carbonyl (C=O) groups is 3. The average Bonchev–Trinajstić information content (AvgIpc) is 2.57. The van der Waals surface area contributed by atoms with E-state index in [4.69, 9.17) is 0 Å². The van der Waals surface area contributed by atoms with Crippen LogP contribution in [0.25, 0.3) is 0 Å². The van der Waals surface area contributed by atoms with Gasteiger partial charge in [0.25, 0.3) is 5.91 Å². The lowest BCUT2D eigenvalue weighted by molar-refractivity contribution is -0.126. The first-order valence-electron chi connectivity index (χ1n) is 7.01. The zero-order chi connectivity index (χ0) is 15.4. The highest BCUT2D eigenvalue weighted by atomic mass is 16.2. The molecule has 1 heterocycles. The molecule has 6 heteroatoms. The van der Waals surface area contributed by atoms with Crippen LogP contribution in [0.1, 0.15) is 37.0 Å². The molecule has 21 heavy (non-hydrogen) atoms. The predicted molar refractivity (Wildman–Crippen MR) is 78.8 cm³/mol. The van der Waals surface area contributed by atoms with Gasteiger partial charge < -0.3 is 16.0 Å². The Bertz CT molecular complexity index is 571. The lowest BCUT2D eigenvalue weighted by Crippen LogP contribution is -2.45. The third-order valence-corrected chi connectivity index (χ3v) is 3.46. The smallest absolute Gasteiger partial charge is 0.254 e. The van der Waals surface area contributed by atoms with Crippen molar-refractivity contribution in [1.82, 2.24) is 10.6 Å². The van der Waals surface area contributed by atoms with Crippen LogP contribution in [-0.4, -0.2) is 29.8 Å². The minimum Gasteiger partial charge on any atom is -0.354 e. The van der Waals surface area contributed by atoms with Gasteiger partial charge in [0.2, 0.25) is 11.8 Å². The zero-order valence-corrected chi connectivity index (χ0v) is 12.1. The molecule has 0 aliphatic carbocycles. The first-order chi connectivity index (χ1) is 10.0. The standard InChI is InChI=1S/C15H19N3O3/c1-3-9(2)16-13(19)8-12-15(21)17-11-7-5-4-6-10(11)14(20)18-12/h4-7,9,12H,3,8H2,1-2H3,(H,16,19)(H,17,21)(H,18,20)/t9-,12+/m0/s1. The Morgan fingerprint density at radius 2 is 2.05 bits per heavy atom.